The lowest BCUT2D eigenvalue weighted by Crippen LogP contribution is -2.47. The maximum atomic E-state index is 12.6. The van der Waals surface area contributed by atoms with Gasteiger partial charge in [0.1, 0.15) is 0 Å². The fourth-order valence-electron chi connectivity index (χ4n) is 3.48. The Morgan fingerprint density at radius 1 is 1.50 bits per heavy atom. The first kappa shape index (κ1) is 11.7. The number of hydrogen-bond donors (Lipinski definition) is 2. The van der Waals surface area contributed by atoms with Crippen LogP contribution in [-0.4, -0.2) is 46.2 Å². The first-order valence-electron chi connectivity index (χ1n) is 6.54. The number of amides is 1. The molecular weight excluding hydrogens is 228 g/mol. The summed E-state index contributed by atoms with van der Waals surface area (Å²) < 4.78 is 0. The number of hydrogen-bond acceptors (Lipinski definition) is 3. The van der Waals surface area contributed by atoms with Gasteiger partial charge in [-0.1, -0.05) is 0 Å². The van der Waals surface area contributed by atoms with Gasteiger partial charge < -0.3 is 10.2 Å². The van der Waals surface area contributed by atoms with E-state index in [1.807, 2.05) is 11.8 Å². The Labute approximate surface area is 107 Å². The average molecular weight is 248 g/mol. The number of nitrogens with one attached hydrogen (secondary N) is 2. The van der Waals surface area contributed by atoms with Gasteiger partial charge in [-0.15, -0.1) is 0 Å². The first-order valence-corrected chi connectivity index (χ1v) is 6.54. The van der Waals surface area contributed by atoms with Gasteiger partial charge in [0, 0.05) is 30.9 Å². The molecule has 18 heavy (non-hydrogen) atoms. The van der Waals surface area contributed by atoms with Gasteiger partial charge in [-0.25, -0.2) is 0 Å². The molecule has 2 unspecified atom stereocenters. The molecule has 3 rings (SSSR count). The van der Waals surface area contributed by atoms with E-state index in [9.17, 15) is 4.79 Å². The van der Waals surface area contributed by atoms with Crippen molar-refractivity contribution in [2.45, 2.75) is 26.3 Å². The van der Waals surface area contributed by atoms with Gasteiger partial charge in [0.05, 0.1) is 11.8 Å². The van der Waals surface area contributed by atoms with Crippen LogP contribution < -0.4 is 5.32 Å². The van der Waals surface area contributed by atoms with Crippen molar-refractivity contribution in [3.63, 3.8) is 0 Å². The number of nitrogens with zero attached hydrogens (tertiary/aromatic N) is 2. The van der Waals surface area contributed by atoms with E-state index in [1.54, 1.807) is 6.20 Å². The van der Waals surface area contributed by atoms with Crippen molar-refractivity contribution in [3.8, 4) is 0 Å². The van der Waals surface area contributed by atoms with Gasteiger partial charge in [0.15, 0.2) is 0 Å². The number of rotatable bonds is 1. The summed E-state index contributed by atoms with van der Waals surface area (Å²) in [6, 6.07) is 0. The molecule has 0 spiro atoms. The van der Waals surface area contributed by atoms with Crippen LogP contribution in [0.1, 0.15) is 29.9 Å². The zero-order chi connectivity index (χ0) is 12.9. The summed E-state index contributed by atoms with van der Waals surface area (Å²) in [7, 11) is 0. The third-order valence-corrected chi connectivity index (χ3v) is 4.67. The van der Waals surface area contributed by atoms with Crippen LogP contribution in [0.15, 0.2) is 6.20 Å². The molecule has 0 radical (unpaired) electrons. The highest BCUT2D eigenvalue weighted by Gasteiger charge is 2.51. The first-order chi connectivity index (χ1) is 8.51. The van der Waals surface area contributed by atoms with Gasteiger partial charge >= 0.3 is 0 Å². The summed E-state index contributed by atoms with van der Waals surface area (Å²) in [4.78, 5) is 14.6. The van der Waals surface area contributed by atoms with Crippen molar-refractivity contribution in [1.29, 1.82) is 0 Å². The molecule has 0 aromatic carbocycles. The van der Waals surface area contributed by atoms with Crippen LogP contribution in [-0.2, 0) is 0 Å². The number of H-pyrrole nitrogens is 1. The van der Waals surface area contributed by atoms with Crippen molar-refractivity contribution < 1.29 is 4.79 Å². The van der Waals surface area contributed by atoms with Crippen molar-refractivity contribution in [2.24, 2.45) is 11.8 Å². The number of aryl methyl sites for hydroxylation is 1. The Morgan fingerprint density at radius 3 is 2.89 bits per heavy atom. The molecule has 0 bridgehead atoms. The maximum absolute atomic E-state index is 12.6. The number of carbonyl (C=O) groups excluding carboxylic acids is 1. The second kappa shape index (κ2) is 3.82. The molecule has 1 aromatic rings. The van der Waals surface area contributed by atoms with Crippen LogP contribution in [0.3, 0.4) is 0 Å². The average Bonchev–Trinajstić information content (AvgIpc) is 2.96. The van der Waals surface area contributed by atoms with Crippen molar-refractivity contribution in [3.05, 3.63) is 17.5 Å². The summed E-state index contributed by atoms with van der Waals surface area (Å²) in [5.74, 6) is 1.27. The molecule has 2 aliphatic rings. The Kier molecular flexibility index (Phi) is 2.48. The largest absolute Gasteiger partial charge is 0.333 e. The molecule has 2 N–H and O–H groups in total. The third-order valence-electron chi connectivity index (χ3n) is 4.67. The van der Waals surface area contributed by atoms with Crippen LogP contribution in [0.4, 0.5) is 0 Å². The van der Waals surface area contributed by atoms with Gasteiger partial charge in [0.25, 0.3) is 5.91 Å². The fourth-order valence-corrected chi connectivity index (χ4v) is 3.48. The van der Waals surface area contributed by atoms with E-state index >= 15 is 0 Å². The summed E-state index contributed by atoms with van der Waals surface area (Å²) in [6.45, 7) is 9.16. The minimum absolute atomic E-state index is 0.0744. The summed E-state index contributed by atoms with van der Waals surface area (Å²) in [5.41, 5.74) is 1.48. The van der Waals surface area contributed by atoms with Crippen molar-refractivity contribution in [2.75, 3.05) is 19.6 Å². The highest BCUT2D eigenvalue weighted by molar-refractivity contribution is 5.95. The highest BCUT2D eigenvalue weighted by atomic mass is 16.2. The topological polar surface area (TPSA) is 61.0 Å². The lowest BCUT2D eigenvalue weighted by Gasteiger charge is -2.35. The molecule has 1 amide bonds. The summed E-state index contributed by atoms with van der Waals surface area (Å²) in [6.07, 6.45) is 1.64. The predicted octanol–water partition coefficient (Wildman–Crippen LogP) is 0.788. The van der Waals surface area contributed by atoms with Crippen LogP contribution in [0.25, 0.3) is 0 Å². The molecule has 98 valence electrons. The van der Waals surface area contributed by atoms with Crippen LogP contribution in [0, 0.1) is 18.8 Å². The lowest BCUT2D eigenvalue weighted by molar-refractivity contribution is 0.0602. The smallest absolute Gasteiger partial charge is 0.257 e. The number of aromatic nitrogens is 2. The highest BCUT2D eigenvalue weighted by Crippen LogP contribution is 2.41. The van der Waals surface area contributed by atoms with E-state index in [0.29, 0.717) is 17.4 Å². The van der Waals surface area contributed by atoms with E-state index in [-0.39, 0.29) is 11.4 Å². The van der Waals surface area contributed by atoms with E-state index < -0.39 is 0 Å². The molecule has 0 saturated carbocycles. The monoisotopic (exact) mass is 248 g/mol. The van der Waals surface area contributed by atoms with Gasteiger partial charge in [-0.05, 0) is 32.6 Å². The van der Waals surface area contributed by atoms with E-state index in [1.165, 1.54) is 0 Å². The lowest BCUT2D eigenvalue weighted by atomic mass is 9.84. The van der Waals surface area contributed by atoms with Crippen LogP contribution in [0.2, 0.25) is 0 Å². The molecule has 0 aliphatic carbocycles. The van der Waals surface area contributed by atoms with Gasteiger partial charge in [-0.3, -0.25) is 9.89 Å². The molecule has 2 fully saturated rings. The third kappa shape index (κ3) is 1.50. The van der Waals surface area contributed by atoms with Gasteiger partial charge in [0.2, 0.25) is 0 Å². The summed E-state index contributed by atoms with van der Waals surface area (Å²) in [5, 5.41) is 10.2. The molecule has 5 heteroatoms. The number of likely N-dealkylation sites (tertiary alicyclic amines) is 1. The van der Waals surface area contributed by atoms with E-state index in [2.05, 4.69) is 29.4 Å². The quantitative estimate of drug-likeness (QED) is 0.772. The van der Waals surface area contributed by atoms with Gasteiger partial charge in [-0.2, -0.15) is 5.10 Å². The molecule has 2 atom stereocenters. The fraction of sp³-hybridized carbons (Fsp3) is 0.692. The zero-order valence-electron chi connectivity index (χ0n) is 11.2. The Hall–Kier alpha value is -1.36. The number of aromatic amines is 1. The predicted molar refractivity (Wildman–Crippen MR) is 68.3 cm³/mol. The van der Waals surface area contributed by atoms with Crippen LogP contribution in [0.5, 0.6) is 0 Å². The second-order valence-corrected chi connectivity index (χ2v) is 6.00. The molecule has 5 nitrogen and oxygen atoms in total. The molecule has 1 aromatic heterocycles. The Bertz CT molecular complexity index is 479. The van der Waals surface area contributed by atoms with Crippen LogP contribution >= 0.6 is 0 Å². The molecule has 2 saturated heterocycles. The summed E-state index contributed by atoms with van der Waals surface area (Å²) >= 11 is 0. The number of carbonyl (C=O) groups is 1. The second-order valence-electron chi connectivity index (χ2n) is 6.00. The SMILES string of the molecule is Cc1[nH]ncc1C(=O)N1CC2CNCC2C1(C)C. The van der Waals surface area contributed by atoms with E-state index in [4.69, 9.17) is 0 Å². The maximum Gasteiger partial charge on any atom is 0.257 e. The number of fused-ring (bicyclic) bond motifs is 1. The Balaban J connectivity index is 1.90. The zero-order valence-corrected chi connectivity index (χ0v) is 11.2. The van der Waals surface area contributed by atoms with E-state index in [0.717, 1.165) is 25.3 Å². The molecular formula is C13H20N4O. The minimum Gasteiger partial charge on any atom is -0.333 e. The normalized spacial score (nSPS) is 29.6. The van der Waals surface area contributed by atoms with Crippen molar-refractivity contribution >= 4 is 5.91 Å². The molecule has 2 aliphatic heterocycles. The minimum atomic E-state index is -0.0744. The van der Waals surface area contributed by atoms with Crippen molar-refractivity contribution in [1.82, 2.24) is 20.4 Å². The standard InChI is InChI=1S/C13H20N4O/c1-8-10(5-15-16-8)12(18)17-7-9-4-14-6-11(9)13(17,2)3/h5,9,11,14H,4,6-7H2,1-3H3,(H,15,16). The Morgan fingerprint density at radius 2 is 2.28 bits per heavy atom. The molecule has 3 heterocycles.